The summed E-state index contributed by atoms with van der Waals surface area (Å²) in [6, 6.07) is 26.1. The van der Waals surface area contributed by atoms with Crippen LogP contribution < -0.4 is 5.32 Å². The number of rotatable bonds is 5. The Morgan fingerprint density at radius 2 is 1.56 bits per heavy atom. The molecule has 0 spiro atoms. The zero-order valence-corrected chi connectivity index (χ0v) is 14.6. The molecule has 134 valence electrons. The van der Waals surface area contributed by atoms with Crippen molar-refractivity contribution in [3.63, 3.8) is 0 Å². The Balaban J connectivity index is 1.68. The number of anilines is 1. The molecule has 0 fully saturated rings. The summed E-state index contributed by atoms with van der Waals surface area (Å²) in [7, 11) is 0. The van der Waals surface area contributed by atoms with E-state index in [0.717, 1.165) is 16.6 Å². The number of hydrogen-bond acceptors (Lipinski definition) is 3. The number of para-hydroxylation sites is 2. The number of carbonyl (C=O) groups excluding carboxylic acids is 1. The molecule has 1 heterocycles. The number of carbonyl (C=O) groups is 1. The van der Waals surface area contributed by atoms with E-state index >= 15 is 0 Å². The van der Waals surface area contributed by atoms with Crippen LogP contribution in [0.3, 0.4) is 0 Å². The third-order valence-corrected chi connectivity index (χ3v) is 4.46. The van der Waals surface area contributed by atoms with Crippen LogP contribution >= 0.6 is 0 Å². The minimum atomic E-state index is -0.712. The van der Waals surface area contributed by atoms with Crippen LogP contribution in [0.1, 0.15) is 22.0 Å². The standard InChI is InChI=1S/C22H19N3O2/c26-20(16-9-3-1-4-10-16)15-25-19-14-8-7-13-18(19)23-22(25)24-21(27)17-11-5-2-6-12-17/h1-14,20,26H,15H2,(H,23,24,27)/t20-/m0/s1. The van der Waals surface area contributed by atoms with E-state index in [2.05, 4.69) is 10.3 Å². The lowest BCUT2D eigenvalue weighted by molar-refractivity contribution is 0.102. The minimum absolute atomic E-state index is 0.235. The highest BCUT2D eigenvalue weighted by Crippen LogP contribution is 2.24. The largest absolute Gasteiger partial charge is 0.387 e. The molecule has 1 atom stereocenters. The fraction of sp³-hybridized carbons (Fsp3) is 0.0909. The number of imidazole rings is 1. The van der Waals surface area contributed by atoms with E-state index in [4.69, 9.17) is 0 Å². The second-order valence-corrected chi connectivity index (χ2v) is 6.28. The molecule has 0 aliphatic rings. The number of fused-ring (bicyclic) bond motifs is 1. The molecule has 1 aromatic heterocycles. The molecule has 2 N–H and O–H groups in total. The van der Waals surface area contributed by atoms with Crippen molar-refractivity contribution in [2.24, 2.45) is 0 Å². The number of aliphatic hydroxyl groups excluding tert-OH is 1. The monoisotopic (exact) mass is 357 g/mol. The Hall–Kier alpha value is -3.44. The van der Waals surface area contributed by atoms with Crippen molar-refractivity contribution in [1.29, 1.82) is 0 Å². The molecular weight excluding hydrogens is 338 g/mol. The van der Waals surface area contributed by atoms with Gasteiger partial charge in [0.15, 0.2) is 0 Å². The zero-order chi connectivity index (χ0) is 18.6. The van der Waals surface area contributed by atoms with Crippen LogP contribution in [0.15, 0.2) is 84.9 Å². The van der Waals surface area contributed by atoms with Crippen molar-refractivity contribution < 1.29 is 9.90 Å². The van der Waals surface area contributed by atoms with Crippen molar-refractivity contribution in [1.82, 2.24) is 9.55 Å². The molecule has 0 unspecified atom stereocenters. The van der Waals surface area contributed by atoms with Crippen molar-refractivity contribution in [3.8, 4) is 0 Å². The second-order valence-electron chi connectivity index (χ2n) is 6.28. The van der Waals surface area contributed by atoms with E-state index < -0.39 is 6.10 Å². The smallest absolute Gasteiger partial charge is 0.257 e. The maximum atomic E-state index is 12.6. The Bertz CT molecular complexity index is 1060. The van der Waals surface area contributed by atoms with Gasteiger partial charge in [0.25, 0.3) is 5.91 Å². The van der Waals surface area contributed by atoms with Crippen molar-refractivity contribution in [3.05, 3.63) is 96.1 Å². The third kappa shape index (κ3) is 3.59. The number of aromatic nitrogens is 2. The third-order valence-electron chi connectivity index (χ3n) is 4.46. The number of nitrogens with zero attached hydrogens (tertiary/aromatic N) is 2. The van der Waals surface area contributed by atoms with Gasteiger partial charge in [0.1, 0.15) is 0 Å². The SMILES string of the molecule is O=C(Nc1nc2ccccc2n1C[C@H](O)c1ccccc1)c1ccccc1. The number of nitrogens with one attached hydrogen (secondary N) is 1. The van der Waals surface area contributed by atoms with Crippen LogP contribution in [0, 0.1) is 0 Å². The molecule has 0 saturated heterocycles. The van der Waals surface area contributed by atoms with Gasteiger partial charge in [0.2, 0.25) is 5.95 Å². The van der Waals surface area contributed by atoms with E-state index in [9.17, 15) is 9.90 Å². The van der Waals surface area contributed by atoms with Crippen LogP contribution in [0.25, 0.3) is 11.0 Å². The summed E-state index contributed by atoms with van der Waals surface area (Å²) >= 11 is 0. The summed E-state index contributed by atoms with van der Waals surface area (Å²) in [4.78, 5) is 17.1. The fourth-order valence-corrected chi connectivity index (χ4v) is 3.07. The lowest BCUT2D eigenvalue weighted by Gasteiger charge is -2.15. The van der Waals surface area contributed by atoms with Gasteiger partial charge in [-0.1, -0.05) is 60.7 Å². The summed E-state index contributed by atoms with van der Waals surface area (Å²) in [5, 5.41) is 13.5. The van der Waals surface area contributed by atoms with Crippen molar-refractivity contribution in [2.75, 3.05) is 5.32 Å². The van der Waals surface area contributed by atoms with E-state index in [1.807, 2.05) is 77.4 Å². The fourth-order valence-electron chi connectivity index (χ4n) is 3.07. The lowest BCUT2D eigenvalue weighted by atomic mass is 10.1. The predicted octanol–water partition coefficient (Wildman–Crippen LogP) is 4.02. The molecule has 1 amide bonds. The molecular formula is C22H19N3O2. The highest BCUT2D eigenvalue weighted by atomic mass is 16.3. The zero-order valence-electron chi connectivity index (χ0n) is 14.6. The average molecular weight is 357 g/mol. The maximum Gasteiger partial charge on any atom is 0.257 e. The Morgan fingerprint density at radius 1 is 0.926 bits per heavy atom. The van der Waals surface area contributed by atoms with Crippen LogP contribution in [0.5, 0.6) is 0 Å². The first-order valence-corrected chi connectivity index (χ1v) is 8.77. The van der Waals surface area contributed by atoms with Gasteiger partial charge in [-0.05, 0) is 29.8 Å². The molecule has 4 aromatic rings. The van der Waals surface area contributed by atoms with Crippen molar-refractivity contribution >= 4 is 22.9 Å². The normalized spacial score (nSPS) is 12.0. The van der Waals surface area contributed by atoms with E-state index in [0.29, 0.717) is 11.5 Å². The summed E-state index contributed by atoms with van der Waals surface area (Å²) in [5.74, 6) is 0.182. The first-order valence-electron chi connectivity index (χ1n) is 8.77. The second kappa shape index (κ2) is 7.43. The van der Waals surface area contributed by atoms with Gasteiger partial charge in [-0.25, -0.2) is 4.98 Å². The molecule has 5 heteroatoms. The molecule has 0 aliphatic carbocycles. The Morgan fingerprint density at radius 3 is 2.30 bits per heavy atom. The molecule has 0 saturated carbocycles. The van der Waals surface area contributed by atoms with Crippen LogP contribution in [-0.4, -0.2) is 20.6 Å². The van der Waals surface area contributed by atoms with E-state index in [1.165, 1.54) is 0 Å². The van der Waals surface area contributed by atoms with Crippen molar-refractivity contribution in [2.45, 2.75) is 12.6 Å². The minimum Gasteiger partial charge on any atom is -0.387 e. The van der Waals surface area contributed by atoms with Gasteiger partial charge in [0.05, 0.1) is 23.7 Å². The van der Waals surface area contributed by atoms with Gasteiger partial charge in [-0.2, -0.15) is 0 Å². The number of amides is 1. The molecule has 0 aliphatic heterocycles. The number of benzene rings is 3. The molecule has 5 nitrogen and oxygen atoms in total. The van der Waals surface area contributed by atoms with Crippen LogP contribution in [0.4, 0.5) is 5.95 Å². The van der Waals surface area contributed by atoms with Gasteiger partial charge in [-0.3, -0.25) is 10.1 Å². The van der Waals surface area contributed by atoms with E-state index in [1.54, 1.807) is 12.1 Å². The molecule has 4 rings (SSSR count). The van der Waals surface area contributed by atoms with E-state index in [-0.39, 0.29) is 12.5 Å². The summed E-state index contributed by atoms with van der Waals surface area (Å²) < 4.78 is 1.84. The Kier molecular flexibility index (Phi) is 4.68. The van der Waals surface area contributed by atoms with Gasteiger partial charge in [-0.15, -0.1) is 0 Å². The van der Waals surface area contributed by atoms with Gasteiger partial charge < -0.3 is 9.67 Å². The number of aliphatic hydroxyl groups is 1. The first kappa shape index (κ1) is 17.0. The highest BCUT2D eigenvalue weighted by Gasteiger charge is 2.17. The molecule has 0 radical (unpaired) electrons. The predicted molar refractivity (Wildman–Crippen MR) is 106 cm³/mol. The topological polar surface area (TPSA) is 67.2 Å². The lowest BCUT2D eigenvalue weighted by Crippen LogP contribution is -2.18. The summed E-state index contributed by atoms with van der Waals surface area (Å²) in [6.45, 7) is 0.287. The number of hydrogen-bond donors (Lipinski definition) is 2. The van der Waals surface area contributed by atoms with Crippen LogP contribution in [0.2, 0.25) is 0 Å². The quantitative estimate of drug-likeness (QED) is 0.567. The van der Waals surface area contributed by atoms with Crippen LogP contribution in [-0.2, 0) is 6.54 Å². The van der Waals surface area contributed by atoms with Gasteiger partial charge in [0, 0.05) is 5.56 Å². The maximum absolute atomic E-state index is 12.6. The molecule has 0 bridgehead atoms. The summed E-state index contributed by atoms with van der Waals surface area (Å²) in [6.07, 6.45) is -0.712. The average Bonchev–Trinajstić information content (AvgIpc) is 3.06. The molecule has 3 aromatic carbocycles. The first-order chi connectivity index (χ1) is 13.2. The molecule has 27 heavy (non-hydrogen) atoms. The Labute approximate surface area is 156 Å². The van der Waals surface area contributed by atoms with Gasteiger partial charge >= 0.3 is 0 Å². The highest BCUT2D eigenvalue weighted by molar-refractivity contribution is 6.04. The summed E-state index contributed by atoms with van der Waals surface area (Å²) in [5.41, 5.74) is 2.99.